The summed E-state index contributed by atoms with van der Waals surface area (Å²) in [6.45, 7) is 2.99. The van der Waals surface area contributed by atoms with E-state index in [9.17, 15) is 13.2 Å². The van der Waals surface area contributed by atoms with Crippen molar-refractivity contribution in [1.82, 2.24) is 4.90 Å². The molecule has 3 rings (SSSR count). The molecule has 0 saturated carbocycles. The number of nitrogens with zero attached hydrogens (tertiary/aromatic N) is 2. The van der Waals surface area contributed by atoms with Gasteiger partial charge in [-0.25, -0.2) is 8.42 Å². The van der Waals surface area contributed by atoms with E-state index < -0.39 is 10.0 Å². The average molecular weight is 432 g/mol. The number of likely N-dealkylation sites (tertiary alicyclic amines) is 1. The van der Waals surface area contributed by atoms with Crippen molar-refractivity contribution in [2.24, 2.45) is 0 Å². The second kappa shape index (κ2) is 8.44. The first-order valence-electron chi connectivity index (χ1n) is 9.25. The third-order valence-corrected chi connectivity index (χ3v) is 6.05. The zero-order valence-corrected chi connectivity index (χ0v) is 17.8. The number of hydrogen-bond acceptors (Lipinski definition) is 4. The van der Waals surface area contributed by atoms with Gasteiger partial charge < -0.3 is 4.90 Å². The van der Waals surface area contributed by atoms with Crippen LogP contribution in [-0.2, 0) is 10.0 Å². The van der Waals surface area contributed by atoms with Crippen LogP contribution in [0.25, 0.3) is 0 Å². The van der Waals surface area contributed by atoms with Crippen molar-refractivity contribution in [2.75, 3.05) is 24.1 Å². The SMILES string of the molecule is Cc1ccc(C(=O)N2CCC(c3ccc(C#N)c(Cl)c3)CC2)cc1NS(C)(=O)=O. The normalized spacial score (nSPS) is 15.0. The fourth-order valence-corrected chi connectivity index (χ4v) is 4.39. The zero-order valence-electron chi connectivity index (χ0n) is 16.3. The Labute approximate surface area is 176 Å². The maximum absolute atomic E-state index is 12.9. The Morgan fingerprint density at radius 1 is 1.21 bits per heavy atom. The fourth-order valence-electron chi connectivity index (χ4n) is 3.54. The number of sulfonamides is 1. The molecule has 2 aromatic rings. The standard InChI is InChI=1S/C21H22ClN3O3S/c1-14-3-4-17(12-20(14)24-29(2,27)28)21(26)25-9-7-15(8-10-25)16-5-6-18(13-23)19(22)11-16/h3-6,11-12,15,24H,7-10H2,1-2H3. The lowest BCUT2D eigenvalue weighted by Gasteiger charge is -2.32. The summed E-state index contributed by atoms with van der Waals surface area (Å²) in [5.74, 6) is 0.169. The molecular weight excluding hydrogens is 410 g/mol. The highest BCUT2D eigenvalue weighted by molar-refractivity contribution is 7.92. The van der Waals surface area contributed by atoms with Crippen LogP contribution in [-0.4, -0.2) is 38.6 Å². The summed E-state index contributed by atoms with van der Waals surface area (Å²) in [5.41, 5.74) is 3.17. The average Bonchev–Trinajstić information content (AvgIpc) is 2.68. The summed E-state index contributed by atoms with van der Waals surface area (Å²) in [4.78, 5) is 14.7. The number of aryl methyl sites for hydroxylation is 1. The van der Waals surface area contributed by atoms with Gasteiger partial charge >= 0.3 is 0 Å². The van der Waals surface area contributed by atoms with Crippen LogP contribution in [0.1, 0.15) is 45.8 Å². The minimum atomic E-state index is -3.42. The molecule has 29 heavy (non-hydrogen) atoms. The molecular formula is C21H22ClN3O3S. The number of hydrogen-bond donors (Lipinski definition) is 1. The first kappa shape index (κ1) is 21.2. The molecule has 0 aliphatic carbocycles. The summed E-state index contributed by atoms with van der Waals surface area (Å²) in [5, 5.41) is 9.46. The quantitative estimate of drug-likeness (QED) is 0.794. The van der Waals surface area contributed by atoms with Gasteiger partial charge in [-0.2, -0.15) is 5.26 Å². The lowest BCUT2D eigenvalue weighted by molar-refractivity contribution is 0.0713. The van der Waals surface area contributed by atoms with E-state index in [-0.39, 0.29) is 11.8 Å². The van der Waals surface area contributed by atoms with E-state index in [4.69, 9.17) is 16.9 Å². The number of nitrogens with one attached hydrogen (secondary N) is 1. The van der Waals surface area contributed by atoms with Crippen LogP contribution in [0, 0.1) is 18.3 Å². The molecule has 0 unspecified atom stereocenters. The number of carbonyl (C=O) groups is 1. The molecule has 1 N–H and O–H groups in total. The van der Waals surface area contributed by atoms with Crippen LogP contribution < -0.4 is 4.72 Å². The smallest absolute Gasteiger partial charge is 0.253 e. The minimum absolute atomic E-state index is 0.113. The minimum Gasteiger partial charge on any atom is -0.339 e. The Morgan fingerprint density at radius 3 is 2.48 bits per heavy atom. The third kappa shape index (κ3) is 5.08. The van der Waals surface area contributed by atoms with Gasteiger partial charge in [0.05, 0.1) is 22.5 Å². The van der Waals surface area contributed by atoms with Crippen molar-refractivity contribution in [3.8, 4) is 6.07 Å². The van der Waals surface area contributed by atoms with Gasteiger partial charge in [0.2, 0.25) is 10.0 Å². The molecule has 6 nitrogen and oxygen atoms in total. The second-order valence-corrected chi connectivity index (χ2v) is 9.48. The molecule has 1 saturated heterocycles. The van der Waals surface area contributed by atoms with E-state index in [0.29, 0.717) is 34.9 Å². The first-order chi connectivity index (χ1) is 13.7. The highest BCUT2D eigenvalue weighted by Crippen LogP contribution is 2.31. The van der Waals surface area contributed by atoms with E-state index in [1.165, 1.54) is 0 Å². The monoisotopic (exact) mass is 431 g/mol. The summed E-state index contributed by atoms with van der Waals surface area (Å²) in [7, 11) is -3.42. The van der Waals surface area contributed by atoms with Crippen molar-refractivity contribution in [2.45, 2.75) is 25.7 Å². The van der Waals surface area contributed by atoms with E-state index in [1.54, 1.807) is 36.1 Å². The van der Waals surface area contributed by atoms with Crippen LogP contribution in [0.4, 0.5) is 5.69 Å². The predicted octanol–water partition coefficient (Wildman–Crippen LogP) is 3.91. The molecule has 0 radical (unpaired) electrons. The molecule has 0 bridgehead atoms. The topological polar surface area (TPSA) is 90.3 Å². The van der Waals surface area contributed by atoms with E-state index >= 15 is 0 Å². The number of piperidine rings is 1. The lowest BCUT2D eigenvalue weighted by atomic mass is 9.88. The summed E-state index contributed by atoms with van der Waals surface area (Å²) >= 11 is 6.15. The van der Waals surface area contributed by atoms with Crippen LogP contribution in [0.15, 0.2) is 36.4 Å². The first-order valence-corrected chi connectivity index (χ1v) is 11.5. The Bertz CT molecular complexity index is 1080. The zero-order chi connectivity index (χ0) is 21.2. The number of nitriles is 1. The van der Waals surface area contributed by atoms with Crippen LogP contribution in [0.3, 0.4) is 0 Å². The number of rotatable bonds is 4. The van der Waals surface area contributed by atoms with Gasteiger partial charge in [-0.15, -0.1) is 0 Å². The van der Waals surface area contributed by atoms with E-state index in [2.05, 4.69) is 10.8 Å². The third-order valence-electron chi connectivity index (χ3n) is 5.15. The Kier molecular flexibility index (Phi) is 6.15. The van der Waals surface area contributed by atoms with E-state index in [1.807, 2.05) is 12.1 Å². The summed E-state index contributed by atoms with van der Waals surface area (Å²) < 4.78 is 25.5. The Morgan fingerprint density at radius 2 is 1.90 bits per heavy atom. The molecule has 1 heterocycles. The number of benzene rings is 2. The van der Waals surface area contributed by atoms with Gasteiger partial charge in [-0.05, 0) is 61.1 Å². The molecule has 0 aromatic heterocycles. The molecule has 8 heteroatoms. The maximum atomic E-state index is 12.9. The molecule has 1 aliphatic heterocycles. The largest absolute Gasteiger partial charge is 0.339 e. The fraction of sp³-hybridized carbons (Fsp3) is 0.333. The Balaban J connectivity index is 1.70. The van der Waals surface area contributed by atoms with Gasteiger partial charge in [0, 0.05) is 18.7 Å². The van der Waals surface area contributed by atoms with Crippen molar-refractivity contribution < 1.29 is 13.2 Å². The molecule has 1 amide bonds. The van der Waals surface area contributed by atoms with Crippen molar-refractivity contribution in [3.63, 3.8) is 0 Å². The molecule has 0 spiro atoms. The van der Waals surface area contributed by atoms with Crippen LogP contribution in [0.5, 0.6) is 0 Å². The van der Waals surface area contributed by atoms with Crippen LogP contribution in [0.2, 0.25) is 5.02 Å². The van der Waals surface area contributed by atoms with Crippen molar-refractivity contribution >= 4 is 33.2 Å². The van der Waals surface area contributed by atoms with Crippen molar-refractivity contribution in [3.05, 3.63) is 63.7 Å². The summed E-state index contributed by atoms with van der Waals surface area (Å²) in [6, 6.07) is 12.6. The highest BCUT2D eigenvalue weighted by Gasteiger charge is 2.25. The van der Waals surface area contributed by atoms with Gasteiger partial charge in [0.1, 0.15) is 6.07 Å². The highest BCUT2D eigenvalue weighted by atomic mass is 35.5. The number of carbonyl (C=O) groups excluding carboxylic acids is 1. The Hall–Kier alpha value is -2.56. The molecule has 2 aromatic carbocycles. The van der Waals surface area contributed by atoms with Crippen molar-refractivity contribution in [1.29, 1.82) is 5.26 Å². The molecule has 1 fully saturated rings. The maximum Gasteiger partial charge on any atom is 0.253 e. The van der Waals surface area contributed by atoms with Gasteiger partial charge in [0.15, 0.2) is 0 Å². The van der Waals surface area contributed by atoms with Gasteiger partial charge in [-0.1, -0.05) is 23.7 Å². The summed E-state index contributed by atoms with van der Waals surface area (Å²) in [6.07, 6.45) is 2.68. The van der Waals surface area contributed by atoms with Gasteiger partial charge in [-0.3, -0.25) is 9.52 Å². The van der Waals surface area contributed by atoms with Crippen LogP contribution >= 0.6 is 11.6 Å². The number of halogens is 1. The number of anilines is 1. The predicted molar refractivity (Wildman–Crippen MR) is 114 cm³/mol. The van der Waals surface area contributed by atoms with E-state index in [0.717, 1.165) is 30.2 Å². The lowest BCUT2D eigenvalue weighted by Crippen LogP contribution is -2.38. The molecule has 0 atom stereocenters. The molecule has 1 aliphatic rings. The second-order valence-electron chi connectivity index (χ2n) is 7.32. The number of amides is 1. The molecule has 152 valence electrons. The van der Waals surface area contributed by atoms with Gasteiger partial charge in [0.25, 0.3) is 5.91 Å².